The quantitative estimate of drug-likeness (QED) is 0.878. The van der Waals surface area contributed by atoms with Crippen molar-refractivity contribution >= 4 is 11.6 Å². The van der Waals surface area contributed by atoms with E-state index >= 15 is 0 Å². The molecule has 3 N–H and O–H groups in total. The molecule has 0 radical (unpaired) electrons. The van der Waals surface area contributed by atoms with E-state index in [0.29, 0.717) is 17.9 Å². The van der Waals surface area contributed by atoms with E-state index in [4.69, 9.17) is 10.5 Å². The number of rotatable bonds is 4. The zero-order chi connectivity index (χ0) is 14.6. The van der Waals surface area contributed by atoms with Crippen molar-refractivity contribution in [3.8, 4) is 5.75 Å². The van der Waals surface area contributed by atoms with Gasteiger partial charge < -0.3 is 15.8 Å². The molecular weight excluding hydrogens is 240 g/mol. The molecule has 1 unspecified atom stereocenters. The van der Waals surface area contributed by atoms with Gasteiger partial charge in [0.1, 0.15) is 5.75 Å². The Kier molecular flexibility index (Phi) is 4.95. The van der Waals surface area contributed by atoms with Crippen molar-refractivity contribution in [2.75, 3.05) is 12.4 Å². The minimum absolute atomic E-state index is 0.0893. The maximum atomic E-state index is 12.0. The molecule has 0 aromatic heterocycles. The van der Waals surface area contributed by atoms with Gasteiger partial charge in [-0.3, -0.25) is 4.79 Å². The molecule has 4 heteroatoms. The summed E-state index contributed by atoms with van der Waals surface area (Å²) < 4.78 is 5.23. The molecule has 4 nitrogen and oxygen atoms in total. The lowest BCUT2D eigenvalue weighted by Gasteiger charge is -2.26. The Morgan fingerprint density at radius 3 is 2.58 bits per heavy atom. The predicted molar refractivity (Wildman–Crippen MR) is 78.4 cm³/mol. The van der Waals surface area contributed by atoms with Crippen LogP contribution >= 0.6 is 0 Å². The number of hydrogen-bond acceptors (Lipinski definition) is 3. The Bertz CT molecular complexity index is 450. The lowest BCUT2D eigenvalue weighted by Crippen LogP contribution is -2.38. The molecule has 1 amide bonds. The van der Waals surface area contributed by atoms with Crippen molar-refractivity contribution in [1.29, 1.82) is 0 Å². The largest absolute Gasteiger partial charge is 0.495 e. The molecule has 19 heavy (non-hydrogen) atoms. The lowest BCUT2D eigenvalue weighted by molar-refractivity contribution is -0.117. The first-order valence-electron chi connectivity index (χ1n) is 6.44. The van der Waals surface area contributed by atoms with Crippen LogP contribution in [0.5, 0.6) is 5.75 Å². The van der Waals surface area contributed by atoms with Crippen LogP contribution in [0.25, 0.3) is 0 Å². The van der Waals surface area contributed by atoms with Crippen LogP contribution in [-0.2, 0) is 4.79 Å². The number of aryl methyl sites for hydroxylation is 1. The summed E-state index contributed by atoms with van der Waals surface area (Å²) in [6.45, 7) is 8.05. The molecule has 106 valence electrons. The van der Waals surface area contributed by atoms with Gasteiger partial charge in [-0.15, -0.1) is 0 Å². The van der Waals surface area contributed by atoms with Crippen molar-refractivity contribution in [2.24, 2.45) is 11.1 Å². The molecule has 1 aromatic rings. The lowest BCUT2D eigenvalue weighted by atomic mass is 9.85. The number of amides is 1. The van der Waals surface area contributed by atoms with Crippen LogP contribution in [-0.4, -0.2) is 19.1 Å². The Labute approximate surface area is 115 Å². The molecule has 0 bridgehead atoms. The minimum Gasteiger partial charge on any atom is -0.495 e. The van der Waals surface area contributed by atoms with Crippen molar-refractivity contribution in [2.45, 2.75) is 40.2 Å². The van der Waals surface area contributed by atoms with Gasteiger partial charge in [0.2, 0.25) is 5.91 Å². The van der Waals surface area contributed by atoms with Crippen LogP contribution < -0.4 is 15.8 Å². The standard InChI is InChI=1S/C15H24N2O2/c1-10-6-7-12(19-5)11(8-10)17-14(18)9-13(16)15(2,3)4/h6-8,13H,9,16H2,1-5H3,(H,17,18). The molecule has 0 spiro atoms. The van der Waals surface area contributed by atoms with E-state index in [0.717, 1.165) is 5.56 Å². The van der Waals surface area contributed by atoms with Gasteiger partial charge in [0.25, 0.3) is 0 Å². The Morgan fingerprint density at radius 2 is 2.05 bits per heavy atom. The number of carbonyl (C=O) groups excluding carboxylic acids is 1. The molecule has 0 aliphatic carbocycles. The SMILES string of the molecule is COc1ccc(C)cc1NC(=O)CC(N)C(C)(C)C. The highest BCUT2D eigenvalue weighted by molar-refractivity contribution is 5.92. The second-order valence-electron chi connectivity index (χ2n) is 5.93. The smallest absolute Gasteiger partial charge is 0.226 e. The van der Waals surface area contributed by atoms with Gasteiger partial charge >= 0.3 is 0 Å². The van der Waals surface area contributed by atoms with Crippen LogP contribution in [0.15, 0.2) is 18.2 Å². The highest BCUT2D eigenvalue weighted by Gasteiger charge is 2.23. The molecule has 1 aromatic carbocycles. The van der Waals surface area contributed by atoms with Gasteiger partial charge in [-0.05, 0) is 30.0 Å². The average molecular weight is 264 g/mol. The number of benzene rings is 1. The van der Waals surface area contributed by atoms with Gasteiger partial charge in [0.05, 0.1) is 12.8 Å². The number of carbonyl (C=O) groups is 1. The van der Waals surface area contributed by atoms with Crippen LogP contribution in [0.3, 0.4) is 0 Å². The summed E-state index contributed by atoms with van der Waals surface area (Å²) in [7, 11) is 1.58. The first kappa shape index (κ1) is 15.5. The summed E-state index contributed by atoms with van der Waals surface area (Å²) in [5.41, 5.74) is 7.68. The fourth-order valence-electron chi connectivity index (χ4n) is 1.63. The van der Waals surface area contributed by atoms with Crippen molar-refractivity contribution in [3.05, 3.63) is 23.8 Å². The third kappa shape index (κ3) is 4.56. The summed E-state index contributed by atoms with van der Waals surface area (Å²) in [6.07, 6.45) is 0.292. The Hall–Kier alpha value is -1.55. The minimum atomic E-state index is -0.177. The summed E-state index contributed by atoms with van der Waals surface area (Å²) in [5.74, 6) is 0.564. The highest BCUT2D eigenvalue weighted by Crippen LogP contribution is 2.26. The number of hydrogen-bond donors (Lipinski definition) is 2. The first-order valence-corrected chi connectivity index (χ1v) is 6.44. The van der Waals surface area contributed by atoms with Gasteiger partial charge in [-0.2, -0.15) is 0 Å². The van der Waals surface area contributed by atoms with Gasteiger partial charge in [0, 0.05) is 12.5 Å². The maximum absolute atomic E-state index is 12.0. The zero-order valence-electron chi connectivity index (χ0n) is 12.4. The van der Waals surface area contributed by atoms with E-state index < -0.39 is 0 Å². The molecule has 0 aliphatic heterocycles. The molecule has 0 saturated heterocycles. The zero-order valence-corrected chi connectivity index (χ0v) is 12.4. The third-order valence-corrected chi connectivity index (χ3v) is 3.15. The molecule has 0 saturated carbocycles. The van der Waals surface area contributed by atoms with E-state index in [-0.39, 0.29) is 17.4 Å². The first-order chi connectivity index (χ1) is 8.74. The van der Waals surface area contributed by atoms with Crippen LogP contribution in [0, 0.1) is 12.3 Å². The van der Waals surface area contributed by atoms with Crippen molar-refractivity contribution in [3.63, 3.8) is 0 Å². The van der Waals surface area contributed by atoms with E-state index in [1.165, 1.54) is 0 Å². The molecule has 0 aliphatic rings. The number of methoxy groups -OCH3 is 1. The summed E-state index contributed by atoms with van der Waals surface area (Å²) in [5, 5.41) is 2.86. The van der Waals surface area contributed by atoms with E-state index in [9.17, 15) is 4.79 Å². The average Bonchev–Trinajstić information content (AvgIpc) is 2.27. The summed E-state index contributed by atoms with van der Waals surface area (Å²) >= 11 is 0. The maximum Gasteiger partial charge on any atom is 0.226 e. The normalized spacial score (nSPS) is 12.9. The Morgan fingerprint density at radius 1 is 1.42 bits per heavy atom. The van der Waals surface area contributed by atoms with Crippen LogP contribution in [0.4, 0.5) is 5.69 Å². The van der Waals surface area contributed by atoms with E-state index in [1.54, 1.807) is 7.11 Å². The second kappa shape index (κ2) is 6.06. The molecule has 0 heterocycles. The Balaban J connectivity index is 2.75. The van der Waals surface area contributed by atoms with E-state index in [1.807, 2.05) is 45.9 Å². The predicted octanol–water partition coefficient (Wildman–Crippen LogP) is 2.71. The van der Waals surface area contributed by atoms with Crippen LogP contribution in [0.1, 0.15) is 32.8 Å². The summed E-state index contributed by atoms with van der Waals surface area (Å²) in [4.78, 5) is 12.0. The number of ether oxygens (including phenoxy) is 1. The van der Waals surface area contributed by atoms with Crippen LogP contribution in [0.2, 0.25) is 0 Å². The second-order valence-corrected chi connectivity index (χ2v) is 5.93. The highest BCUT2D eigenvalue weighted by atomic mass is 16.5. The van der Waals surface area contributed by atoms with Crippen molar-refractivity contribution < 1.29 is 9.53 Å². The number of nitrogens with one attached hydrogen (secondary N) is 1. The van der Waals surface area contributed by atoms with Gasteiger partial charge in [0.15, 0.2) is 0 Å². The fraction of sp³-hybridized carbons (Fsp3) is 0.533. The molecule has 1 rings (SSSR count). The number of anilines is 1. The van der Waals surface area contributed by atoms with Gasteiger partial charge in [-0.1, -0.05) is 26.8 Å². The molecule has 1 atom stereocenters. The summed E-state index contributed by atoms with van der Waals surface area (Å²) in [6, 6.07) is 5.49. The molecular formula is C15H24N2O2. The third-order valence-electron chi connectivity index (χ3n) is 3.15. The monoisotopic (exact) mass is 264 g/mol. The fourth-order valence-corrected chi connectivity index (χ4v) is 1.63. The number of nitrogens with two attached hydrogens (primary N) is 1. The topological polar surface area (TPSA) is 64.3 Å². The van der Waals surface area contributed by atoms with Gasteiger partial charge in [-0.25, -0.2) is 0 Å². The molecule has 0 fully saturated rings. The van der Waals surface area contributed by atoms with E-state index in [2.05, 4.69) is 5.32 Å². The van der Waals surface area contributed by atoms with Crippen molar-refractivity contribution in [1.82, 2.24) is 0 Å².